The normalized spacial score (nSPS) is 21.0. The van der Waals surface area contributed by atoms with Gasteiger partial charge in [0.2, 0.25) is 10.0 Å². The molecule has 112 valence electrons. The number of sulfonamides is 1. The Labute approximate surface area is 125 Å². The first-order valence-electron chi connectivity index (χ1n) is 6.81. The fourth-order valence-electron chi connectivity index (χ4n) is 2.45. The Morgan fingerprint density at radius 3 is 2.90 bits per heavy atom. The molecule has 1 aromatic carbocycles. The third-order valence-electron chi connectivity index (χ3n) is 3.71. The molecular weight excluding hydrogens is 292 g/mol. The number of nitrogen functional groups attached to an aromatic ring is 1. The van der Waals surface area contributed by atoms with Crippen LogP contribution in [0.1, 0.15) is 18.4 Å². The van der Waals surface area contributed by atoms with Gasteiger partial charge < -0.3 is 5.73 Å². The third-order valence-corrected chi connectivity index (χ3v) is 6.28. The smallest absolute Gasteiger partial charge is 0.211 e. The first-order chi connectivity index (χ1) is 9.38. The Balaban J connectivity index is 1.95. The molecule has 1 fully saturated rings. The van der Waals surface area contributed by atoms with E-state index >= 15 is 0 Å². The lowest BCUT2D eigenvalue weighted by Gasteiger charge is -2.30. The summed E-state index contributed by atoms with van der Waals surface area (Å²) in [7, 11) is -3.06. The minimum atomic E-state index is -3.06. The van der Waals surface area contributed by atoms with Gasteiger partial charge in [-0.2, -0.15) is 0 Å². The van der Waals surface area contributed by atoms with E-state index in [0.29, 0.717) is 19.0 Å². The van der Waals surface area contributed by atoms with E-state index in [-0.39, 0.29) is 0 Å². The monoisotopic (exact) mass is 314 g/mol. The van der Waals surface area contributed by atoms with Crippen molar-refractivity contribution < 1.29 is 8.42 Å². The third kappa shape index (κ3) is 3.90. The van der Waals surface area contributed by atoms with Crippen molar-refractivity contribution in [2.45, 2.75) is 24.7 Å². The summed E-state index contributed by atoms with van der Waals surface area (Å²) in [4.78, 5) is 1.10. The zero-order valence-corrected chi connectivity index (χ0v) is 13.6. The van der Waals surface area contributed by atoms with Crippen LogP contribution in [-0.4, -0.2) is 37.8 Å². The number of para-hydroxylation sites is 1. The fourth-order valence-corrected chi connectivity index (χ4v) is 4.57. The van der Waals surface area contributed by atoms with Crippen molar-refractivity contribution in [1.82, 2.24) is 4.31 Å². The van der Waals surface area contributed by atoms with Crippen LogP contribution in [0.4, 0.5) is 5.69 Å². The second-order valence-corrected chi connectivity index (χ2v) is 8.47. The summed E-state index contributed by atoms with van der Waals surface area (Å²) in [5.74, 6) is 1.32. The maximum atomic E-state index is 11.6. The number of hydrogen-bond acceptors (Lipinski definition) is 4. The molecule has 1 heterocycles. The second-order valence-electron chi connectivity index (χ2n) is 5.43. The zero-order chi connectivity index (χ0) is 14.8. The van der Waals surface area contributed by atoms with Crippen molar-refractivity contribution in [1.29, 1.82) is 0 Å². The Morgan fingerprint density at radius 1 is 1.45 bits per heavy atom. The average molecular weight is 314 g/mol. The highest BCUT2D eigenvalue weighted by Gasteiger charge is 2.25. The SMILES string of the molecule is Cc1cccc(SCC2CCCN(S(C)(=O)=O)C2)c1N. The number of benzene rings is 1. The molecule has 0 radical (unpaired) electrons. The standard InChI is InChI=1S/C14H22N2O2S2/c1-11-5-3-7-13(14(11)15)19-10-12-6-4-8-16(9-12)20(2,17)18/h3,5,7,12H,4,6,8-10,15H2,1-2H3. The molecule has 20 heavy (non-hydrogen) atoms. The van der Waals surface area contributed by atoms with Crippen molar-refractivity contribution in [3.05, 3.63) is 23.8 Å². The number of nitrogens with zero attached hydrogens (tertiary/aromatic N) is 1. The van der Waals surface area contributed by atoms with Crippen LogP contribution in [0.25, 0.3) is 0 Å². The van der Waals surface area contributed by atoms with Gasteiger partial charge in [-0.3, -0.25) is 0 Å². The van der Waals surface area contributed by atoms with Crippen LogP contribution in [0, 0.1) is 12.8 Å². The molecule has 1 aromatic rings. The molecule has 1 atom stereocenters. The highest BCUT2D eigenvalue weighted by atomic mass is 32.2. The summed E-state index contributed by atoms with van der Waals surface area (Å²) in [6.07, 6.45) is 3.33. The van der Waals surface area contributed by atoms with Gasteiger partial charge in [-0.25, -0.2) is 12.7 Å². The Hall–Kier alpha value is -0.720. The minimum absolute atomic E-state index is 0.406. The van der Waals surface area contributed by atoms with Gasteiger partial charge in [-0.1, -0.05) is 12.1 Å². The predicted molar refractivity (Wildman–Crippen MR) is 85.5 cm³/mol. The Morgan fingerprint density at radius 2 is 2.20 bits per heavy atom. The van der Waals surface area contributed by atoms with Crippen LogP contribution in [0.2, 0.25) is 0 Å². The van der Waals surface area contributed by atoms with Crippen molar-refractivity contribution >= 4 is 27.5 Å². The topological polar surface area (TPSA) is 63.4 Å². The highest BCUT2D eigenvalue weighted by molar-refractivity contribution is 7.99. The van der Waals surface area contributed by atoms with E-state index in [1.54, 1.807) is 16.1 Å². The molecule has 0 aliphatic carbocycles. The first-order valence-corrected chi connectivity index (χ1v) is 9.64. The van der Waals surface area contributed by atoms with Crippen LogP contribution in [-0.2, 0) is 10.0 Å². The van der Waals surface area contributed by atoms with Gasteiger partial charge in [0.05, 0.1) is 6.26 Å². The number of hydrogen-bond donors (Lipinski definition) is 1. The Kier molecular flexibility index (Phi) is 4.99. The summed E-state index contributed by atoms with van der Waals surface area (Å²) in [6.45, 7) is 3.30. The molecule has 0 saturated carbocycles. The van der Waals surface area contributed by atoms with Gasteiger partial charge in [-0.05, 0) is 37.3 Å². The maximum absolute atomic E-state index is 11.6. The lowest BCUT2D eigenvalue weighted by molar-refractivity contribution is 0.286. The molecule has 0 amide bonds. The number of rotatable bonds is 4. The Bertz CT molecular complexity index is 573. The second kappa shape index (κ2) is 6.37. The number of thioether (sulfide) groups is 1. The highest BCUT2D eigenvalue weighted by Crippen LogP contribution is 2.31. The molecule has 4 nitrogen and oxygen atoms in total. The van der Waals surface area contributed by atoms with Gasteiger partial charge in [0.15, 0.2) is 0 Å². The van der Waals surface area contributed by atoms with Crippen molar-refractivity contribution in [3.63, 3.8) is 0 Å². The average Bonchev–Trinajstić information content (AvgIpc) is 2.40. The van der Waals surface area contributed by atoms with Gasteiger partial charge in [0.25, 0.3) is 0 Å². The van der Waals surface area contributed by atoms with E-state index in [4.69, 9.17) is 5.73 Å². The first kappa shape index (κ1) is 15.7. The number of piperidine rings is 1. The molecule has 2 N–H and O–H groups in total. The molecule has 2 rings (SSSR count). The summed E-state index contributed by atoms with van der Waals surface area (Å²) in [5.41, 5.74) is 8.00. The van der Waals surface area contributed by atoms with Gasteiger partial charge in [0.1, 0.15) is 0 Å². The summed E-state index contributed by atoms with van der Waals surface area (Å²) >= 11 is 1.73. The maximum Gasteiger partial charge on any atom is 0.211 e. The molecule has 0 aromatic heterocycles. The van der Waals surface area contributed by atoms with Crippen LogP contribution >= 0.6 is 11.8 Å². The molecule has 0 bridgehead atoms. The summed E-state index contributed by atoms with van der Waals surface area (Å²) < 4.78 is 24.8. The van der Waals surface area contributed by atoms with E-state index in [9.17, 15) is 8.42 Å². The number of nitrogens with two attached hydrogens (primary N) is 1. The molecule has 0 spiro atoms. The zero-order valence-electron chi connectivity index (χ0n) is 12.0. The minimum Gasteiger partial charge on any atom is -0.398 e. The van der Waals surface area contributed by atoms with Gasteiger partial charge in [-0.15, -0.1) is 11.8 Å². The van der Waals surface area contributed by atoms with E-state index < -0.39 is 10.0 Å². The van der Waals surface area contributed by atoms with Crippen LogP contribution < -0.4 is 5.73 Å². The molecule has 1 aliphatic rings. The molecule has 1 saturated heterocycles. The van der Waals surface area contributed by atoms with E-state index in [1.165, 1.54) is 6.26 Å². The predicted octanol–water partition coefficient (Wildman–Crippen LogP) is 2.34. The number of aryl methyl sites for hydroxylation is 1. The van der Waals surface area contributed by atoms with Gasteiger partial charge in [0, 0.05) is 29.4 Å². The van der Waals surface area contributed by atoms with E-state index in [1.807, 2.05) is 25.1 Å². The molecule has 1 aliphatic heterocycles. The van der Waals surface area contributed by atoms with E-state index in [0.717, 1.165) is 34.7 Å². The largest absolute Gasteiger partial charge is 0.398 e. The number of anilines is 1. The van der Waals surface area contributed by atoms with Crippen molar-refractivity contribution in [3.8, 4) is 0 Å². The van der Waals surface area contributed by atoms with Crippen LogP contribution in [0.5, 0.6) is 0 Å². The lowest BCUT2D eigenvalue weighted by atomic mass is 10.0. The van der Waals surface area contributed by atoms with Crippen LogP contribution in [0.3, 0.4) is 0 Å². The summed E-state index contributed by atoms with van der Waals surface area (Å²) in [5, 5.41) is 0. The van der Waals surface area contributed by atoms with Crippen molar-refractivity contribution in [2.24, 2.45) is 5.92 Å². The summed E-state index contributed by atoms with van der Waals surface area (Å²) in [6, 6.07) is 6.05. The van der Waals surface area contributed by atoms with Crippen molar-refractivity contribution in [2.75, 3.05) is 30.8 Å². The van der Waals surface area contributed by atoms with Crippen LogP contribution in [0.15, 0.2) is 23.1 Å². The van der Waals surface area contributed by atoms with E-state index in [2.05, 4.69) is 0 Å². The molecular formula is C14H22N2O2S2. The molecule has 1 unspecified atom stereocenters. The lowest BCUT2D eigenvalue weighted by Crippen LogP contribution is -2.39. The molecule has 6 heteroatoms. The quantitative estimate of drug-likeness (QED) is 0.684. The fraction of sp³-hybridized carbons (Fsp3) is 0.571. The van der Waals surface area contributed by atoms with Gasteiger partial charge >= 0.3 is 0 Å².